The van der Waals surface area contributed by atoms with E-state index in [0.29, 0.717) is 23.5 Å². The van der Waals surface area contributed by atoms with Crippen LogP contribution in [0.25, 0.3) is 0 Å². The fraction of sp³-hybridized carbons (Fsp3) is 0.632. The van der Waals surface area contributed by atoms with Crippen molar-refractivity contribution in [2.75, 3.05) is 40.3 Å². The van der Waals surface area contributed by atoms with Crippen LogP contribution in [0.1, 0.15) is 36.0 Å². The number of carbonyl (C=O) groups excluding carboxylic acids is 1. The van der Waals surface area contributed by atoms with Gasteiger partial charge in [-0.15, -0.1) is 0 Å². The highest BCUT2D eigenvalue weighted by atomic mass is 16.5. The maximum atomic E-state index is 12.7. The molecule has 2 heterocycles. The second-order valence-electron chi connectivity index (χ2n) is 6.83. The van der Waals surface area contributed by atoms with Crippen molar-refractivity contribution in [3.8, 4) is 5.75 Å². The van der Waals surface area contributed by atoms with Crippen molar-refractivity contribution in [2.45, 2.75) is 37.9 Å². The first-order valence-electron chi connectivity index (χ1n) is 8.93. The third-order valence-electron chi connectivity index (χ3n) is 5.12. The number of carbonyl (C=O) groups is 1. The smallest absolute Gasteiger partial charge is 0.257 e. The maximum absolute atomic E-state index is 12.7. The van der Waals surface area contributed by atoms with Gasteiger partial charge in [0.2, 0.25) is 0 Å². The van der Waals surface area contributed by atoms with Gasteiger partial charge in [0.05, 0.1) is 24.9 Å². The van der Waals surface area contributed by atoms with Gasteiger partial charge in [0, 0.05) is 26.2 Å². The average Bonchev–Trinajstić information content (AvgIpc) is 2.63. The van der Waals surface area contributed by atoms with Crippen LogP contribution in [0.3, 0.4) is 0 Å². The largest absolute Gasteiger partial charge is 0.496 e. The molecule has 0 radical (unpaired) electrons. The second-order valence-corrected chi connectivity index (χ2v) is 6.83. The van der Waals surface area contributed by atoms with Crippen molar-refractivity contribution in [1.82, 2.24) is 9.80 Å². The van der Waals surface area contributed by atoms with Gasteiger partial charge < -0.3 is 19.3 Å². The third-order valence-corrected chi connectivity index (χ3v) is 5.12. The molecule has 0 aromatic heterocycles. The normalized spacial score (nSPS) is 21.0. The summed E-state index contributed by atoms with van der Waals surface area (Å²) in [5.41, 5.74) is 0.648. The topological polar surface area (TPSA) is 42.0 Å². The van der Waals surface area contributed by atoms with Crippen LogP contribution in [0.4, 0.5) is 0 Å². The molecular formula is C19H28N2O3. The molecule has 0 unspecified atom stereocenters. The van der Waals surface area contributed by atoms with E-state index in [0.717, 1.165) is 51.9 Å². The molecule has 0 atom stereocenters. The molecule has 2 fully saturated rings. The lowest BCUT2D eigenvalue weighted by Crippen LogP contribution is -2.43. The molecule has 1 amide bonds. The van der Waals surface area contributed by atoms with Crippen LogP contribution in [-0.2, 0) is 4.74 Å². The van der Waals surface area contributed by atoms with Gasteiger partial charge in [0.15, 0.2) is 0 Å². The minimum Gasteiger partial charge on any atom is -0.496 e. The van der Waals surface area contributed by atoms with E-state index in [1.54, 1.807) is 7.11 Å². The molecule has 5 nitrogen and oxygen atoms in total. The number of hydrogen-bond donors (Lipinski definition) is 0. The van der Waals surface area contributed by atoms with Gasteiger partial charge in [0.25, 0.3) is 5.91 Å². The Morgan fingerprint density at radius 2 is 1.58 bits per heavy atom. The second kappa shape index (κ2) is 7.99. The Bertz CT molecular complexity index is 547. The fourth-order valence-electron chi connectivity index (χ4n) is 3.58. The van der Waals surface area contributed by atoms with E-state index in [1.807, 2.05) is 29.2 Å². The van der Waals surface area contributed by atoms with Gasteiger partial charge in [0.1, 0.15) is 5.75 Å². The summed E-state index contributed by atoms with van der Waals surface area (Å²) in [5, 5.41) is 0. The van der Waals surface area contributed by atoms with Crippen LogP contribution in [-0.4, -0.2) is 68.3 Å². The molecule has 24 heavy (non-hydrogen) atoms. The predicted molar refractivity (Wildman–Crippen MR) is 93.5 cm³/mol. The first-order chi connectivity index (χ1) is 11.7. The lowest BCUT2D eigenvalue weighted by Gasteiger charge is -2.36. The van der Waals surface area contributed by atoms with E-state index in [-0.39, 0.29) is 5.91 Å². The molecule has 3 rings (SSSR count). The Balaban J connectivity index is 1.50. The highest BCUT2D eigenvalue weighted by Crippen LogP contribution is 2.24. The van der Waals surface area contributed by atoms with Crippen molar-refractivity contribution >= 4 is 5.91 Å². The number of nitrogens with zero attached hydrogens (tertiary/aromatic N) is 2. The van der Waals surface area contributed by atoms with Gasteiger partial charge in [-0.25, -0.2) is 0 Å². The van der Waals surface area contributed by atoms with Crippen molar-refractivity contribution in [2.24, 2.45) is 0 Å². The lowest BCUT2D eigenvalue weighted by molar-refractivity contribution is -0.0599. The zero-order valence-corrected chi connectivity index (χ0v) is 14.7. The molecular weight excluding hydrogens is 304 g/mol. The summed E-state index contributed by atoms with van der Waals surface area (Å²) in [6.45, 7) is 3.76. The van der Waals surface area contributed by atoms with Gasteiger partial charge in [-0.1, -0.05) is 12.1 Å². The fourth-order valence-corrected chi connectivity index (χ4v) is 3.58. The molecule has 132 valence electrons. The molecule has 5 heteroatoms. The summed E-state index contributed by atoms with van der Waals surface area (Å²) in [7, 11) is 3.77. The summed E-state index contributed by atoms with van der Waals surface area (Å²) in [6.07, 6.45) is 4.77. The zero-order valence-electron chi connectivity index (χ0n) is 14.7. The summed E-state index contributed by atoms with van der Waals surface area (Å²) in [4.78, 5) is 17.0. The van der Waals surface area contributed by atoms with Gasteiger partial charge in [-0.3, -0.25) is 4.79 Å². The molecule has 2 aliphatic rings. The number of likely N-dealkylation sites (tertiary alicyclic amines) is 2. The molecule has 0 spiro atoms. The van der Waals surface area contributed by atoms with E-state index >= 15 is 0 Å². The molecule has 2 aliphatic heterocycles. The summed E-state index contributed by atoms with van der Waals surface area (Å²) in [6, 6.07) is 7.44. The Morgan fingerprint density at radius 1 is 1.00 bits per heavy atom. The Kier molecular flexibility index (Phi) is 5.74. The number of hydrogen-bond acceptors (Lipinski definition) is 4. The Morgan fingerprint density at radius 3 is 2.21 bits per heavy atom. The van der Waals surface area contributed by atoms with Gasteiger partial charge in [-0.2, -0.15) is 0 Å². The number of rotatable bonds is 4. The number of piperidine rings is 2. The van der Waals surface area contributed by atoms with Crippen molar-refractivity contribution in [3.63, 3.8) is 0 Å². The van der Waals surface area contributed by atoms with E-state index < -0.39 is 0 Å². The summed E-state index contributed by atoms with van der Waals surface area (Å²) < 4.78 is 11.6. The van der Waals surface area contributed by atoms with Crippen LogP contribution < -0.4 is 4.74 Å². The molecule has 1 aromatic rings. The molecule has 2 saturated heterocycles. The van der Waals surface area contributed by atoms with Crippen molar-refractivity contribution in [3.05, 3.63) is 29.8 Å². The third kappa shape index (κ3) is 4.08. The SMILES string of the molecule is COc1ccccc1C(=O)N1CCC(OC2CCN(C)CC2)CC1. The number of methoxy groups -OCH3 is 1. The van der Waals surface area contributed by atoms with E-state index in [1.165, 1.54) is 0 Å². The monoisotopic (exact) mass is 332 g/mol. The minimum absolute atomic E-state index is 0.0604. The quantitative estimate of drug-likeness (QED) is 0.849. The maximum Gasteiger partial charge on any atom is 0.257 e. The van der Waals surface area contributed by atoms with Crippen LogP contribution in [0, 0.1) is 0 Å². The van der Waals surface area contributed by atoms with Gasteiger partial charge >= 0.3 is 0 Å². The first kappa shape index (κ1) is 17.2. The number of ether oxygens (including phenoxy) is 2. The minimum atomic E-state index is 0.0604. The lowest BCUT2D eigenvalue weighted by atomic mass is 10.0. The number of amides is 1. The van der Waals surface area contributed by atoms with Crippen LogP contribution in [0.5, 0.6) is 5.75 Å². The van der Waals surface area contributed by atoms with E-state index in [9.17, 15) is 4.79 Å². The zero-order chi connectivity index (χ0) is 16.9. The van der Waals surface area contributed by atoms with Crippen molar-refractivity contribution in [1.29, 1.82) is 0 Å². The Labute approximate surface area is 144 Å². The predicted octanol–water partition coefficient (Wildman–Crippen LogP) is 2.41. The highest BCUT2D eigenvalue weighted by Gasteiger charge is 2.28. The highest BCUT2D eigenvalue weighted by molar-refractivity contribution is 5.97. The van der Waals surface area contributed by atoms with Gasteiger partial charge in [-0.05, 0) is 44.9 Å². The van der Waals surface area contributed by atoms with Crippen LogP contribution >= 0.6 is 0 Å². The van der Waals surface area contributed by atoms with E-state index in [4.69, 9.17) is 9.47 Å². The molecule has 0 bridgehead atoms. The van der Waals surface area contributed by atoms with E-state index in [2.05, 4.69) is 11.9 Å². The first-order valence-corrected chi connectivity index (χ1v) is 8.93. The molecule has 0 saturated carbocycles. The van der Waals surface area contributed by atoms with Crippen molar-refractivity contribution < 1.29 is 14.3 Å². The van der Waals surface area contributed by atoms with Crippen LogP contribution in [0.2, 0.25) is 0 Å². The summed E-state index contributed by atoms with van der Waals surface area (Å²) in [5.74, 6) is 0.706. The molecule has 0 aliphatic carbocycles. The molecule has 1 aromatic carbocycles. The Hall–Kier alpha value is -1.59. The number of benzene rings is 1. The number of para-hydroxylation sites is 1. The van der Waals surface area contributed by atoms with Crippen LogP contribution in [0.15, 0.2) is 24.3 Å². The average molecular weight is 332 g/mol. The molecule has 0 N–H and O–H groups in total. The summed E-state index contributed by atoms with van der Waals surface area (Å²) >= 11 is 0. The standard InChI is InChI=1S/C19H28N2O3/c1-20-11-7-15(8-12-20)24-16-9-13-21(14-10-16)19(22)17-5-3-4-6-18(17)23-2/h3-6,15-16H,7-14H2,1-2H3.